The summed E-state index contributed by atoms with van der Waals surface area (Å²) in [5.74, 6) is 1.43. The van der Waals surface area contributed by atoms with Crippen LogP contribution in [0, 0.1) is 11.8 Å². The highest BCUT2D eigenvalue weighted by molar-refractivity contribution is 4.53. The maximum atomic E-state index is 8.91. The maximum absolute atomic E-state index is 8.91. The van der Waals surface area contributed by atoms with Crippen LogP contribution >= 0.6 is 0 Å². The van der Waals surface area contributed by atoms with E-state index in [-0.39, 0.29) is 0 Å². The average molecular weight is 256 g/mol. The van der Waals surface area contributed by atoms with Gasteiger partial charge in [0.25, 0.3) is 0 Å². The van der Waals surface area contributed by atoms with Crippen LogP contribution in [-0.4, -0.2) is 11.7 Å². The van der Waals surface area contributed by atoms with Gasteiger partial charge in [0.2, 0.25) is 0 Å². The van der Waals surface area contributed by atoms with Gasteiger partial charge >= 0.3 is 0 Å². The lowest BCUT2D eigenvalue weighted by molar-refractivity contribution is 0.227. The fourth-order valence-electron chi connectivity index (χ4n) is 2.34. The van der Waals surface area contributed by atoms with E-state index in [1.165, 1.54) is 70.6 Å². The van der Waals surface area contributed by atoms with Gasteiger partial charge in [0.05, 0.1) is 0 Å². The van der Waals surface area contributed by atoms with Crippen molar-refractivity contribution in [3.63, 3.8) is 0 Å². The molecule has 0 amide bonds. The minimum absolute atomic E-state index is 0.357. The predicted molar refractivity (Wildman–Crippen MR) is 81.9 cm³/mol. The maximum Gasteiger partial charge on any atom is 0.0456 e. The number of hydrogen-bond donors (Lipinski definition) is 1. The van der Waals surface area contributed by atoms with Crippen LogP contribution in [0.3, 0.4) is 0 Å². The van der Waals surface area contributed by atoms with Gasteiger partial charge in [0, 0.05) is 6.61 Å². The number of hydrogen-bond acceptors (Lipinski definition) is 1. The molecule has 0 bridgehead atoms. The Morgan fingerprint density at radius 2 is 1.06 bits per heavy atom. The molecule has 1 heteroatoms. The lowest BCUT2D eigenvalue weighted by atomic mass is 9.99. The van der Waals surface area contributed by atoms with E-state index in [1.54, 1.807) is 0 Å². The third kappa shape index (κ3) is 12.4. The Morgan fingerprint density at radius 3 is 1.44 bits per heavy atom. The van der Waals surface area contributed by atoms with E-state index in [1.807, 2.05) is 0 Å². The van der Waals surface area contributed by atoms with Crippen molar-refractivity contribution in [1.29, 1.82) is 0 Å². The molecule has 2 atom stereocenters. The molecule has 0 saturated carbocycles. The molecule has 0 heterocycles. The molecule has 0 aromatic carbocycles. The lowest BCUT2D eigenvalue weighted by Gasteiger charge is -2.08. The monoisotopic (exact) mass is 256 g/mol. The van der Waals surface area contributed by atoms with Crippen molar-refractivity contribution in [3.8, 4) is 0 Å². The molecule has 0 rings (SSSR count). The molecule has 2 unspecified atom stereocenters. The van der Waals surface area contributed by atoms with Gasteiger partial charge in [-0.3, -0.25) is 0 Å². The van der Waals surface area contributed by atoms with Crippen molar-refractivity contribution in [2.75, 3.05) is 6.61 Å². The van der Waals surface area contributed by atoms with Gasteiger partial charge in [-0.15, -0.1) is 0 Å². The first-order chi connectivity index (χ1) is 8.70. The highest BCUT2D eigenvalue weighted by Crippen LogP contribution is 2.15. The summed E-state index contributed by atoms with van der Waals surface area (Å²) in [6.45, 7) is 7.16. The van der Waals surface area contributed by atoms with E-state index in [4.69, 9.17) is 5.11 Å². The van der Waals surface area contributed by atoms with E-state index in [0.717, 1.165) is 5.92 Å². The van der Waals surface area contributed by atoms with Crippen molar-refractivity contribution in [2.45, 2.75) is 91.4 Å². The standard InChI is InChI=1S/C17H36O/c1-4-16(2)13-11-9-7-5-6-8-10-12-14-17(3)15-18/h16-18H,4-15H2,1-3H3. The molecule has 0 aromatic rings. The second kappa shape index (κ2) is 13.4. The summed E-state index contributed by atoms with van der Waals surface area (Å²) < 4.78 is 0. The molecule has 0 saturated heterocycles. The van der Waals surface area contributed by atoms with E-state index in [2.05, 4.69) is 20.8 Å². The van der Waals surface area contributed by atoms with Gasteiger partial charge in [-0.25, -0.2) is 0 Å². The molecule has 18 heavy (non-hydrogen) atoms. The van der Waals surface area contributed by atoms with Crippen molar-refractivity contribution in [3.05, 3.63) is 0 Å². The zero-order chi connectivity index (χ0) is 13.6. The van der Waals surface area contributed by atoms with Gasteiger partial charge < -0.3 is 5.11 Å². The second-order valence-electron chi connectivity index (χ2n) is 6.21. The van der Waals surface area contributed by atoms with E-state index < -0.39 is 0 Å². The normalized spacial score (nSPS) is 14.7. The van der Waals surface area contributed by atoms with Crippen molar-refractivity contribution in [2.24, 2.45) is 11.8 Å². The van der Waals surface area contributed by atoms with Crippen LogP contribution in [0.5, 0.6) is 0 Å². The number of aliphatic hydroxyl groups is 1. The van der Waals surface area contributed by atoms with Crippen molar-refractivity contribution < 1.29 is 5.11 Å². The van der Waals surface area contributed by atoms with Crippen LogP contribution in [0.15, 0.2) is 0 Å². The molecule has 0 fully saturated rings. The fraction of sp³-hybridized carbons (Fsp3) is 1.00. The third-order valence-corrected chi connectivity index (χ3v) is 4.15. The molecule has 0 radical (unpaired) electrons. The van der Waals surface area contributed by atoms with Crippen molar-refractivity contribution >= 4 is 0 Å². The molecule has 0 spiro atoms. The Balaban J connectivity index is 3.03. The van der Waals surface area contributed by atoms with Crippen LogP contribution < -0.4 is 0 Å². The van der Waals surface area contributed by atoms with E-state index in [9.17, 15) is 0 Å². The predicted octanol–water partition coefficient (Wildman–Crippen LogP) is 5.56. The molecular weight excluding hydrogens is 220 g/mol. The first kappa shape index (κ1) is 18.0. The summed E-state index contributed by atoms with van der Waals surface area (Å²) >= 11 is 0. The molecule has 1 N–H and O–H groups in total. The number of unbranched alkanes of at least 4 members (excludes halogenated alkanes) is 7. The summed E-state index contributed by atoms with van der Waals surface area (Å²) in [5, 5.41) is 8.91. The minimum Gasteiger partial charge on any atom is -0.396 e. The molecule has 0 aliphatic carbocycles. The van der Waals surface area contributed by atoms with Gasteiger partial charge in [0.1, 0.15) is 0 Å². The summed E-state index contributed by atoms with van der Waals surface area (Å²) in [5.41, 5.74) is 0. The molecule has 0 aliphatic heterocycles. The van der Waals surface area contributed by atoms with Crippen LogP contribution in [0.2, 0.25) is 0 Å². The zero-order valence-corrected chi connectivity index (χ0v) is 13.1. The molecule has 1 nitrogen and oxygen atoms in total. The Morgan fingerprint density at radius 1 is 0.667 bits per heavy atom. The summed E-state index contributed by atoms with van der Waals surface area (Å²) in [6, 6.07) is 0. The topological polar surface area (TPSA) is 20.2 Å². The smallest absolute Gasteiger partial charge is 0.0456 e. The van der Waals surface area contributed by atoms with Crippen LogP contribution in [-0.2, 0) is 0 Å². The Hall–Kier alpha value is -0.0400. The molecule has 0 aromatic heterocycles. The number of rotatable bonds is 13. The quantitative estimate of drug-likeness (QED) is 0.428. The SMILES string of the molecule is CCC(C)CCCCCCCCCCC(C)CO. The van der Waals surface area contributed by atoms with E-state index in [0.29, 0.717) is 12.5 Å². The highest BCUT2D eigenvalue weighted by atomic mass is 16.3. The van der Waals surface area contributed by atoms with Gasteiger partial charge in [-0.05, 0) is 18.3 Å². The zero-order valence-electron chi connectivity index (χ0n) is 13.1. The molecular formula is C17H36O. The first-order valence-electron chi connectivity index (χ1n) is 8.31. The van der Waals surface area contributed by atoms with E-state index >= 15 is 0 Å². The van der Waals surface area contributed by atoms with Crippen LogP contribution in [0.25, 0.3) is 0 Å². The Labute approximate surface area is 115 Å². The van der Waals surface area contributed by atoms with Crippen molar-refractivity contribution in [1.82, 2.24) is 0 Å². The highest BCUT2D eigenvalue weighted by Gasteiger charge is 2.00. The Kier molecular flexibility index (Phi) is 13.4. The largest absolute Gasteiger partial charge is 0.396 e. The summed E-state index contributed by atoms with van der Waals surface area (Å²) in [6.07, 6.45) is 15.2. The first-order valence-corrected chi connectivity index (χ1v) is 8.31. The lowest BCUT2D eigenvalue weighted by Crippen LogP contribution is -1.99. The van der Waals surface area contributed by atoms with Gasteiger partial charge in [-0.1, -0.05) is 85.0 Å². The van der Waals surface area contributed by atoms with Gasteiger partial charge in [0.15, 0.2) is 0 Å². The average Bonchev–Trinajstić information content (AvgIpc) is 2.40. The molecule has 0 aliphatic rings. The minimum atomic E-state index is 0.357. The summed E-state index contributed by atoms with van der Waals surface area (Å²) in [7, 11) is 0. The third-order valence-electron chi connectivity index (χ3n) is 4.15. The fourth-order valence-corrected chi connectivity index (χ4v) is 2.34. The second-order valence-corrected chi connectivity index (χ2v) is 6.21. The molecule has 110 valence electrons. The van der Waals surface area contributed by atoms with Crippen LogP contribution in [0.4, 0.5) is 0 Å². The summed E-state index contributed by atoms with van der Waals surface area (Å²) in [4.78, 5) is 0. The Bertz CT molecular complexity index is 138. The van der Waals surface area contributed by atoms with Crippen LogP contribution in [0.1, 0.15) is 91.4 Å². The van der Waals surface area contributed by atoms with Gasteiger partial charge in [-0.2, -0.15) is 0 Å². The number of aliphatic hydroxyl groups excluding tert-OH is 1.